The second kappa shape index (κ2) is 7.21. The molecule has 0 fully saturated rings. The Balaban J connectivity index is 1.88. The van der Waals surface area contributed by atoms with E-state index in [-0.39, 0.29) is 5.76 Å². The number of nitrogen functional groups attached to an aromatic ring is 1. The van der Waals surface area contributed by atoms with Crippen LogP contribution in [-0.2, 0) is 0 Å². The number of halogens is 2. The van der Waals surface area contributed by atoms with Crippen LogP contribution in [-0.4, -0.2) is 13.0 Å². The average molecular weight is 422 g/mol. The molecule has 0 unspecified atom stereocenters. The van der Waals surface area contributed by atoms with Crippen LogP contribution in [0.25, 0.3) is 11.3 Å². The highest BCUT2D eigenvalue weighted by molar-refractivity contribution is 9.10. The topological polar surface area (TPSA) is 77.5 Å². The van der Waals surface area contributed by atoms with Crippen molar-refractivity contribution >= 4 is 44.8 Å². The van der Waals surface area contributed by atoms with Gasteiger partial charge in [0, 0.05) is 21.8 Å². The van der Waals surface area contributed by atoms with Crippen LogP contribution in [0, 0.1) is 0 Å². The molecule has 7 heteroatoms. The Morgan fingerprint density at radius 1 is 1.24 bits per heavy atom. The monoisotopic (exact) mass is 420 g/mol. The molecule has 1 amide bonds. The van der Waals surface area contributed by atoms with E-state index in [1.807, 2.05) is 18.2 Å². The predicted octanol–water partition coefficient (Wildman–Crippen LogP) is 5.21. The molecule has 0 radical (unpaired) electrons. The summed E-state index contributed by atoms with van der Waals surface area (Å²) >= 11 is 9.53. The number of amides is 1. The molecule has 128 valence electrons. The molecule has 0 aliphatic heterocycles. The van der Waals surface area contributed by atoms with E-state index in [9.17, 15) is 4.79 Å². The van der Waals surface area contributed by atoms with Gasteiger partial charge in [0.2, 0.25) is 0 Å². The summed E-state index contributed by atoms with van der Waals surface area (Å²) in [5.41, 5.74) is 7.48. The van der Waals surface area contributed by atoms with E-state index in [0.717, 1.165) is 5.56 Å². The fraction of sp³-hybridized carbons (Fsp3) is 0.0556. The number of nitrogens with one attached hydrogen (secondary N) is 1. The van der Waals surface area contributed by atoms with Gasteiger partial charge in [-0.15, -0.1) is 0 Å². The highest BCUT2D eigenvalue weighted by Gasteiger charge is 2.17. The summed E-state index contributed by atoms with van der Waals surface area (Å²) in [5.74, 6) is 0.694. The minimum atomic E-state index is -0.415. The largest absolute Gasteiger partial charge is 0.494 e. The third kappa shape index (κ3) is 3.65. The SMILES string of the molecule is COc1cc(N)cc(Br)c1NC(=O)c1ccc(-c2ccccc2Cl)o1. The van der Waals surface area contributed by atoms with Crippen LogP contribution in [0.3, 0.4) is 0 Å². The number of nitrogens with two attached hydrogens (primary N) is 1. The molecule has 1 aromatic heterocycles. The van der Waals surface area contributed by atoms with Gasteiger partial charge in [0.15, 0.2) is 5.76 Å². The first-order valence-electron chi connectivity index (χ1n) is 7.28. The number of hydrogen-bond donors (Lipinski definition) is 2. The van der Waals surface area contributed by atoms with Crippen molar-refractivity contribution < 1.29 is 13.9 Å². The molecule has 0 aliphatic carbocycles. The van der Waals surface area contributed by atoms with E-state index in [1.54, 1.807) is 30.3 Å². The van der Waals surface area contributed by atoms with Crippen molar-refractivity contribution in [2.75, 3.05) is 18.2 Å². The van der Waals surface area contributed by atoms with E-state index in [0.29, 0.717) is 32.4 Å². The number of furan rings is 1. The molecular formula is C18H14BrClN2O3. The van der Waals surface area contributed by atoms with Crippen LogP contribution < -0.4 is 15.8 Å². The maximum absolute atomic E-state index is 12.5. The van der Waals surface area contributed by atoms with E-state index >= 15 is 0 Å². The van der Waals surface area contributed by atoms with E-state index in [4.69, 9.17) is 26.5 Å². The molecule has 0 spiro atoms. The van der Waals surface area contributed by atoms with Crippen LogP contribution in [0.2, 0.25) is 5.02 Å². The van der Waals surface area contributed by atoms with Crippen molar-refractivity contribution in [1.29, 1.82) is 0 Å². The molecule has 25 heavy (non-hydrogen) atoms. The summed E-state index contributed by atoms with van der Waals surface area (Å²) in [6.45, 7) is 0. The number of ether oxygens (including phenoxy) is 1. The predicted molar refractivity (Wildman–Crippen MR) is 102 cm³/mol. The second-order valence-corrected chi connectivity index (χ2v) is 6.44. The lowest BCUT2D eigenvalue weighted by Gasteiger charge is -2.12. The van der Waals surface area contributed by atoms with Crippen molar-refractivity contribution in [3.8, 4) is 17.1 Å². The Morgan fingerprint density at radius 3 is 2.72 bits per heavy atom. The zero-order chi connectivity index (χ0) is 18.0. The molecule has 0 saturated carbocycles. The van der Waals surface area contributed by atoms with Gasteiger partial charge in [0.1, 0.15) is 11.5 Å². The van der Waals surface area contributed by atoms with Gasteiger partial charge in [-0.2, -0.15) is 0 Å². The van der Waals surface area contributed by atoms with Crippen LogP contribution in [0.5, 0.6) is 5.75 Å². The maximum atomic E-state index is 12.5. The number of rotatable bonds is 4. The first-order chi connectivity index (χ1) is 12.0. The fourth-order valence-electron chi connectivity index (χ4n) is 2.32. The molecule has 0 atom stereocenters. The van der Waals surface area contributed by atoms with Crippen LogP contribution in [0.4, 0.5) is 11.4 Å². The first-order valence-corrected chi connectivity index (χ1v) is 8.46. The molecular weight excluding hydrogens is 408 g/mol. The van der Waals surface area contributed by atoms with E-state index in [1.165, 1.54) is 7.11 Å². The van der Waals surface area contributed by atoms with Crippen LogP contribution >= 0.6 is 27.5 Å². The van der Waals surface area contributed by atoms with Crippen molar-refractivity contribution in [3.63, 3.8) is 0 Å². The van der Waals surface area contributed by atoms with Gasteiger partial charge < -0.3 is 20.2 Å². The van der Waals surface area contributed by atoms with E-state index < -0.39 is 5.91 Å². The molecule has 5 nitrogen and oxygen atoms in total. The first kappa shape index (κ1) is 17.4. The number of methoxy groups -OCH3 is 1. The average Bonchev–Trinajstić information content (AvgIpc) is 3.07. The molecule has 3 rings (SSSR count). The van der Waals surface area contributed by atoms with E-state index in [2.05, 4.69) is 21.2 Å². The van der Waals surface area contributed by atoms with Crippen LogP contribution in [0.1, 0.15) is 10.6 Å². The molecule has 3 N–H and O–H groups in total. The molecule has 0 saturated heterocycles. The van der Waals surface area contributed by atoms with Gasteiger partial charge in [-0.3, -0.25) is 4.79 Å². The standard InChI is InChI=1S/C18H14BrClN2O3/c1-24-16-9-10(21)8-12(19)17(16)22-18(23)15-7-6-14(25-15)11-4-2-3-5-13(11)20/h2-9H,21H2,1H3,(H,22,23). The highest BCUT2D eigenvalue weighted by Crippen LogP contribution is 2.36. The Kier molecular flexibility index (Phi) is 5.01. The van der Waals surface area contributed by atoms with Gasteiger partial charge in [-0.05, 0) is 46.3 Å². The van der Waals surface area contributed by atoms with Gasteiger partial charge >= 0.3 is 0 Å². The number of carbonyl (C=O) groups excluding carboxylic acids is 1. The summed E-state index contributed by atoms with van der Waals surface area (Å²) in [6.07, 6.45) is 0. The Labute approximate surface area is 157 Å². The third-order valence-corrected chi connectivity index (χ3v) is 4.46. The minimum absolute atomic E-state index is 0.153. The van der Waals surface area contributed by atoms with Crippen molar-refractivity contribution in [3.05, 3.63) is 63.8 Å². The zero-order valence-corrected chi connectivity index (χ0v) is 15.5. The maximum Gasteiger partial charge on any atom is 0.291 e. The number of hydrogen-bond acceptors (Lipinski definition) is 4. The molecule has 3 aromatic rings. The number of carbonyl (C=O) groups is 1. The number of anilines is 2. The minimum Gasteiger partial charge on any atom is -0.494 e. The van der Waals surface area contributed by atoms with Crippen molar-refractivity contribution in [2.24, 2.45) is 0 Å². The fourth-order valence-corrected chi connectivity index (χ4v) is 3.11. The third-order valence-electron chi connectivity index (χ3n) is 3.50. The molecule has 0 bridgehead atoms. The molecule has 2 aromatic carbocycles. The van der Waals surface area contributed by atoms with Crippen LogP contribution in [0.15, 0.2) is 57.4 Å². The van der Waals surface area contributed by atoms with Gasteiger partial charge in [-0.1, -0.05) is 23.7 Å². The second-order valence-electron chi connectivity index (χ2n) is 5.18. The quantitative estimate of drug-likeness (QED) is 0.567. The summed E-state index contributed by atoms with van der Waals surface area (Å²) in [4.78, 5) is 12.5. The molecule has 1 heterocycles. The van der Waals surface area contributed by atoms with Gasteiger partial charge in [-0.25, -0.2) is 0 Å². The van der Waals surface area contributed by atoms with Crippen molar-refractivity contribution in [2.45, 2.75) is 0 Å². The normalized spacial score (nSPS) is 10.5. The van der Waals surface area contributed by atoms with Crippen molar-refractivity contribution in [1.82, 2.24) is 0 Å². The van der Waals surface area contributed by atoms with Gasteiger partial charge in [0.05, 0.1) is 17.8 Å². The summed E-state index contributed by atoms with van der Waals surface area (Å²) < 4.78 is 11.5. The highest BCUT2D eigenvalue weighted by atomic mass is 79.9. The summed E-state index contributed by atoms with van der Waals surface area (Å²) in [7, 11) is 1.50. The lowest BCUT2D eigenvalue weighted by atomic mass is 10.2. The summed E-state index contributed by atoms with van der Waals surface area (Å²) in [6, 6.07) is 13.8. The Morgan fingerprint density at radius 2 is 2.00 bits per heavy atom. The molecule has 0 aliphatic rings. The number of benzene rings is 2. The smallest absolute Gasteiger partial charge is 0.291 e. The lowest BCUT2D eigenvalue weighted by molar-refractivity contribution is 0.0997. The zero-order valence-electron chi connectivity index (χ0n) is 13.2. The van der Waals surface area contributed by atoms with Gasteiger partial charge in [0.25, 0.3) is 5.91 Å². The summed E-state index contributed by atoms with van der Waals surface area (Å²) in [5, 5.41) is 3.31. The Bertz CT molecular complexity index is 940. The lowest BCUT2D eigenvalue weighted by Crippen LogP contribution is -2.12. The Hall–Kier alpha value is -2.44.